The molecule has 35 heavy (non-hydrogen) atoms. The van der Waals surface area contributed by atoms with Crippen LogP contribution in [0.3, 0.4) is 0 Å². The lowest BCUT2D eigenvalue weighted by Crippen LogP contribution is -2.33. The second-order valence-electron chi connectivity index (χ2n) is 8.30. The van der Waals surface area contributed by atoms with Gasteiger partial charge in [0.25, 0.3) is 5.91 Å². The quantitative estimate of drug-likeness (QED) is 0.504. The van der Waals surface area contributed by atoms with Gasteiger partial charge in [-0.25, -0.2) is 13.1 Å². The topological polar surface area (TPSA) is 94.4 Å². The second kappa shape index (κ2) is 8.99. The first-order valence-corrected chi connectivity index (χ1v) is 12.7. The standard InChI is InChI=1S/C23H23F3N4O4S/c1-4-16-9-17(7-8-27-16)30-12-15-11-29(13-20(15)28-30)22(31)19-10-18(35(3,32)33)5-6-21(19)34-14(2)23(24,25)26/h5-10,12,14H,4,11,13H2,1-3H3/t14-/m0/s1. The summed E-state index contributed by atoms with van der Waals surface area (Å²) >= 11 is 0. The molecule has 0 spiro atoms. The number of aryl methyl sites for hydroxylation is 1. The van der Waals surface area contributed by atoms with Gasteiger partial charge in [0.1, 0.15) is 5.75 Å². The predicted molar refractivity (Wildman–Crippen MR) is 120 cm³/mol. The van der Waals surface area contributed by atoms with Gasteiger partial charge in [0, 0.05) is 36.5 Å². The van der Waals surface area contributed by atoms with E-state index in [9.17, 15) is 26.4 Å². The zero-order chi connectivity index (χ0) is 25.5. The van der Waals surface area contributed by atoms with Crippen molar-refractivity contribution in [2.45, 2.75) is 50.5 Å². The van der Waals surface area contributed by atoms with E-state index >= 15 is 0 Å². The van der Waals surface area contributed by atoms with Gasteiger partial charge in [-0.15, -0.1) is 0 Å². The number of alkyl halides is 3. The first kappa shape index (κ1) is 24.7. The minimum Gasteiger partial charge on any atom is -0.480 e. The molecule has 0 unspecified atom stereocenters. The van der Waals surface area contributed by atoms with Crippen LogP contribution in [0.15, 0.2) is 47.6 Å². The van der Waals surface area contributed by atoms with Gasteiger partial charge in [0.05, 0.1) is 28.4 Å². The molecule has 3 aromatic rings. The molecule has 186 valence electrons. The molecular weight excluding hydrogens is 485 g/mol. The van der Waals surface area contributed by atoms with Crippen LogP contribution in [0.2, 0.25) is 0 Å². The van der Waals surface area contributed by atoms with E-state index < -0.39 is 28.0 Å². The molecule has 1 aliphatic rings. The van der Waals surface area contributed by atoms with Gasteiger partial charge in [-0.2, -0.15) is 18.3 Å². The lowest BCUT2D eigenvalue weighted by Gasteiger charge is -2.22. The van der Waals surface area contributed by atoms with Gasteiger partial charge < -0.3 is 9.64 Å². The summed E-state index contributed by atoms with van der Waals surface area (Å²) in [6.07, 6.45) is -1.66. The third-order valence-corrected chi connectivity index (χ3v) is 6.78. The van der Waals surface area contributed by atoms with Gasteiger partial charge in [0.2, 0.25) is 0 Å². The SMILES string of the molecule is CCc1cc(-n2cc3c(n2)CN(C(=O)c2cc(S(C)(=O)=O)ccc2O[C@@H](C)C(F)(F)F)C3)ccn1. The van der Waals surface area contributed by atoms with Crippen molar-refractivity contribution < 1.29 is 31.1 Å². The Morgan fingerprint density at radius 3 is 2.57 bits per heavy atom. The zero-order valence-electron chi connectivity index (χ0n) is 19.2. The van der Waals surface area contributed by atoms with E-state index in [1.54, 1.807) is 17.1 Å². The number of hydrogen-bond acceptors (Lipinski definition) is 6. The van der Waals surface area contributed by atoms with Crippen LogP contribution in [0.1, 0.15) is 41.2 Å². The number of nitrogens with zero attached hydrogens (tertiary/aromatic N) is 4. The fourth-order valence-corrected chi connectivity index (χ4v) is 4.31. The van der Waals surface area contributed by atoms with E-state index in [4.69, 9.17) is 4.74 Å². The Morgan fingerprint density at radius 1 is 1.20 bits per heavy atom. The summed E-state index contributed by atoms with van der Waals surface area (Å²) in [5, 5.41) is 4.54. The number of pyridine rings is 1. The number of fused-ring (bicyclic) bond motifs is 1. The number of hydrogen-bond donors (Lipinski definition) is 0. The lowest BCUT2D eigenvalue weighted by atomic mass is 10.1. The molecule has 0 saturated carbocycles. The molecule has 1 aliphatic heterocycles. The van der Waals surface area contributed by atoms with Crippen LogP contribution in [0, 0.1) is 0 Å². The van der Waals surface area contributed by atoms with Crippen molar-refractivity contribution in [1.82, 2.24) is 19.7 Å². The summed E-state index contributed by atoms with van der Waals surface area (Å²) in [7, 11) is -3.71. The van der Waals surface area contributed by atoms with Gasteiger partial charge in [-0.3, -0.25) is 9.78 Å². The third kappa shape index (κ3) is 5.16. The van der Waals surface area contributed by atoms with Gasteiger partial charge in [-0.05, 0) is 43.7 Å². The number of carbonyl (C=O) groups is 1. The monoisotopic (exact) mass is 508 g/mol. The van der Waals surface area contributed by atoms with Crippen molar-refractivity contribution in [3.63, 3.8) is 0 Å². The normalized spacial score (nSPS) is 14.6. The van der Waals surface area contributed by atoms with Crippen LogP contribution in [-0.2, 0) is 29.3 Å². The molecule has 8 nitrogen and oxygen atoms in total. The smallest absolute Gasteiger partial charge is 0.425 e. The molecule has 0 N–H and O–H groups in total. The molecule has 0 bridgehead atoms. The van der Waals surface area contributed by atoms with Gasteiger partial charge in [0.15, 0.2) is 15.9 Å². The molecule has 12 heteroatoms. The maximum Gasteiger partial charge on any atom is 0.425 e. The molecule has 0 aliphatic carbocycles. The van der Waals surface area contributed by atoms with Crippen molar-refractivity contribution in [2.75, 3.05) is 6.26 Å². The van der Waals surface area contributed by atoms with Crippen LogP contribution >= 0.6 is 0 Å². The minimum absolute atomic E-state index is 0.115. The Labute approximate surface area is 200 Å². The lowest BCUT2D eigenvalue weighted by molar-refractivity contribution is -0.189. The van der Waals surface area contributed by atoms with Crippen molar-refractivity contribution >= 4 is 15.7 Å². The van der Waals surface area contributed by atoms with Gasteiger partial charge >= 0.3 is 6.18 Å². The van der Waals surface area contributed by atoms with Crippen LogP contribution in [-0.4, -0.2) is 52.5 Å². The fraction of sp³-hybridized carbons (Fsp3) is 0.348. The molecule has 2 aromatic heterocycles. The highest BCUT2D eigenvalue weighted by atomic mass is 32.2. The van der Waals surface area contributed by atoms with Crippen molar-refractivity contribution in [1.29, 1.82) is 0 Å². The Hall–Kier alpha value is -3.41. The van der Waals surface area contributed by atoms with Crippen LogP contribution in [0.5, 0.6) is 5.75 Å². The molecule has 0 saturated heterocycles. The Morgan fingerprint density at radius 2 is 1.94 bits per heavy atom. The van der Waals surface area contributed by atoms with E-state index in [-0.39, 0.29) is 29.3 Å². The molecular formula is C23H23F3N4O4S. The molecule has 4 rings (SSSR count). The number of amides is 1. The van der Waals surface area contributed by atoms with E-state index in [2.05, 4.69) is 10.1 Å². The maximum atomic E-state index is 13.3. The largest absolute Gasteiger partial charge is 0.480 e. The predicted octanol–water partition coefficient (Wildman–Crippen LogP) is 3.72. The van der Waals surface area contributed by atoms with E-state index in [0.29, 0.717) is 5.69 Å². The van der Waals surface area contributed by atoms with Crippen LogP contribution in [0.4, 0.5) is 13.2 Å². The number of sulfone groups is 1. The summed E-state index contributed by atoms with van der Waals surface area (Å²) in [4.78, 5) is 18.8. The number of benzene rings is 1. The maximum absolute atomic E-state index is 13.3. The van der Waals surface area contributed by atoms with Crippen LogP contribution < -0.4 is 4.74 Å². The summed E-state index contributed by atoms with van der Waals surface area (Å²) < 4.78 is 69.9. The second-order valence-corrected chi connectivity index (χ2v) is 10.3. The molecule has 0 radical (unpaired) electrons. The first-order valence-electron chi connectivity index (χ1n) is 10.8. The molecule has 3 heterocycles. The van der Waals surface area contributed by atoms with Crippen LogP contribution in [0.25, 0.3) is 5.69 Å². The summed E-state index contributed by atoms with van der Waals surface area (Å²) in [6, 6.07) is 6.97. The highest BCUT2D eigenvalue weighted by molar-refractivity contribution is 7.90. The highest BCUT2D eigenvalue weighted by Crippen LogP contribution is 2.32. The molecule has 0 fully saturated rings. The zero-order valence-corrected chi connectivity index (χ0v) is 20.0. The highest BCUT2D eigenvalue weighted by Gasteiger charge is 2.39. The average Bonchev–Trinajstić information content (AvgIpc) is 3.37. The number of halogens is 3. The summed E-state index contributed by atoms with van der Waals surface area (Å²) in [6.45, 7) is 3.09. The Kier molecular flexibility index (Phi) is 6.34. The number of aromatic nitrogens is 3. The third-order valence-electron chi connectivity index (χ3n) is 5.67. The Bertz CT molecular complexity index is 1360. The average molecular weight is 509 g/mol. The number of carbonyl (C=O) groups excluding carboxylic acids is 1. The van der Waals surface area contributed by atoms with E-state index in [1.165, 1.54) is 4.90 Å². The fourth-order valence-electron chi connectivity index (χ4n) is 3.67. The molecule has 1 atom stereocenters. The van der Waals surface area contributed by atoms with Gasteiger partial charge in [-0.1, -0.05) is 6.92 Å². The molecule has 1 aromatic carbocycles. The minimum atomic E-state index is -4.66. The summed E-state index contributed by atoms with van der Waals surface area (Å²) in [5.41, 5.74) is 2.88. The van der Waals surface area contributed by atoms with Crippen molar-refractivity contribution in [2.24, 2.45) is 0 Å². The van der Waals surface area contributed by atoms with E-state index in [1.807, 2.05) is 19.1 Å². The summed E-state index contributed by atoms with van der Waals surface area (Å²) in [5.74, 6) is -0.993. The van der Waals surface area contributed by atoms with Crippen molar-refractivity contribution in [3.8, 4) is 11.4 Å². The number of rotatable bonds is 6. The number of ether oxygens (including phenoxy) is 1. The van der Waals surface area contributed by atoms with E-state index in [0.717, 1.165) is 54.7 Å². The Balaban J connectivity index is 1.61. The van der Waals surface area contributed by atoms with Crippen molar-refractivity contribution in [3.05, 3.63) is 65.2 Å². The first-order chi connectivity index (χ1) is 16.4. The molecule has 1 amide bonds.